The van der Waals surface area contributed by atoms with Gasteiger partial charge in [-0.2, -0.15) is 0 Å². The summed E-state index contributed by atoms with van der Waals surface area (Å²) >= 11 is 0. The van der Waals surface area contributed by atoms with Gasteiger partial charge in [0, 0.05) is 0 Å². The normalized spacial score (nSPS) is 36.2. The van der Waals surface area contributed by atoms with Crippen LogP contribution in [0.1, 0.15) is 149 Å². The smallest absolute Gasteiger partial charge is 0.0411 e. The van der Waals surface area contributed by atoms with Crippen LogP contribution in [0.3, 0.4) is 0 Å². The molecule has 0 radical (unpaired) electrons. The third kappa shape index (κ3) is 8.57. The Morgan fingerprint density at radius 1 is 0.379 bits per heavy atom. The van der Waals surface area contributed by atoms with Crippen LogP contribution in [-0.4, -0.2) is 0 Å². The van der Waals surface area contributed by atoms with Crippen molar-refractivity contribution in [2.75, 3.05) is 0 Å². The molecule has 0 nitrogen and oxygen atoms in total. The van der Waals surface area contributed by atoms with Crippen molar-refractivity contribution in [3.05, 3.63) is 0 Å². The number of unbranched alkanes of at least 4 members (excludes halogenated alkanes) is 3. The average Bonchev–Trinajstić information content (AvgIpc) is 2.76. The SMILES string of the molecule is CCCCC[C@H]1CC[C@H](C[C@H]2CC[C@H](C[C@H]3CC[C@H](CCCC)CC3)CC2)CC1. The molecule has 0 unspecified atom stereocenters. The molecule has 3 rings (SSSR count). The second-order valence-electron chi connectivity index (χ2n) is 11.8. The Morgan fingerprint density at radius 3 is 1.03 bits per heavy atom. The predicted octanol–water partition coefficient (Wildman–Crippen LogP) is 9.96. The van der Waals surface area contributed by atoms with E-state index < -0.39 is 0 Å². The summed E-state index contributed by atoms with van der Waals surface area (Å²) in [7, 11) is 0. The van der Waals surface area contributed by atoms with Gasteiger partial charge in [0.1, 0.15) is 0 Å². The third-order valence-corrected chi connectivity index (χ3v) is 9.41. The highest BCUT2D eigenvalue weighted by Crippen LogP contribution is 2.42. The summed E-state index contributed by atoms with van der Waals surface area (Å²) in [6, 6.07) is 0. The zero-order chi connectivity index (χ0) is 20.3. The molecule has 0 heterocycles. The fourth-order valence-corrected chi connectivity index (χ4v) is 7.33. The topological polar surface area (TPSA) is 0 Å². The van der Waals surface area contributed by atoms with Crippen LogP contribution in [0.4, 0.5) is 0 Å². The first-order valence-corrected chi connectivity index (χ1v) is 14.3. The summed E-state index contributed by atoms with van der Waals surface area (Å²) in [4.78, 5) is 0. The lowest BCUT2D eigenvalue weighted by Gasteiger charge is -2.36. The Morgan fingerprint density at radius 2 is 0.690 bits per heavy atom. The van der Waals surface area contributed by atoms with Crippen molar-refractivity contribution >= 4 is 0 Å². The van der Waals surface area contributed by atoms with Gasteiger partial charge in [0.2, 0.25) is 0 Å². The molecule has 0 aromatic heterocycles. The number of hydrogen-bond donors (Lipinski definition) is 0. The minimum atomic E-state index is 1.09. The van der Waals surface area contributed by atoms with Crippen molar-refractivity contribution in [3.8, 4) is 0 Å². The highest BCUT2D eigenvalue weighted by molar-refractivity contribution is 4.81. The Bertz CT molecular complexity index is 388. The fourth-order valence-electron chi connectivity index (χ4n) is 7.33. The van der Waals surface area contributed by atoms with E-state index >= 15 is 0 Å². The van der Waals surface area contributed by atoms with Crippen LogP contribution in [0.25, 0.3) is 0 Å². The number of rotatable bonds is 11. The lowest BCUT2D eigenvalue weighted by molar-refractivity contribution is 0.161. The van der Waals surface area contributed by atoms with Crippen LogP contribution in [0.5, 0.6) is 0 Å². The van der Waals surface area contributed by atoms with E-state index in [0.29, 0.717) is 0 Å². The monoisotopic (exact) mass is 402 g/mol. The van der Waals surface area contributed by atoms with Crippen molar-refractivity contribution in [1.29, 1.82) is 0 Å². The standard InChI is InChI=1S/C29H54/c1-3-5-7-9-25-12-16-27(17-13-25)23-29-20-18-28(19-21-29)22-26-14-10-24(11-15-26)8-6-4-2/h24-29H,3-23H2,1-2H3/t24-,25-,26-,27-,28-,29-. The molecule has 0 atom stereocenters. The first kappa shape index (κ1) is 23.7. The maximum atomic E-state index is 2.35. The molecule has 3 fully saturated rings. The van der Waals surface area contributed by atoms with E-state index in [1.807, 2.05) is 0 Å². The molecule has 0 N–H and O–H groups in total. The van der Waals surface area contributed by atoms with Gasteiger partial charge in [-0.1, -0.05) is 136 Å². The quantitative estimate of drug-likeness (QED) is 0.301. The highest BCUT2D eigenvalue weighted by Gasteiger charge is 2.29. The van der Waals surface area contributed by atoms with E-state index in [9.17, 15) is 0 Å². The largest absolute Gasteiger partial charge is 0.0654 e. The first-order chi connectivity index (χ1) is 14.3. The molecular formula is C29H54. The van der Waals surface area contributed by atoms with E-state index in [1.54, 1.807) is 89.9 Å². The van der Waals surface area contributed by atoms with Gasteiger partial charge >= 0.3 is 0 Å². The minimum absolute atomic E-state index is 1.09. The minimum Gasteiger partial charge on any atom is -0.0654 e. The highest BCUT2D eigenvalue weighted by atomic mass is 14.3. The molecule has 0 heteroatoms. The van der Waals surface area contributed by atoms with Crippen LogP contribution in [0.15, 0.2) is 0 Å². The number of hydrogen-bond acceptors (Lipinski definition) is 0. The molecule has 0 bridgehead atoms. The summed E-state index contributed by atoms with van der Waals surface area (Å²) in [6.45, 7) is 4.69. The zero-order valence-electron chi connectivity index (χ0n) is 20.3. The molecule has 29 heavy (non-hydrogen) atoms. The molecule has 3 aliphatic carbocycles. The van der Waals surface area contributed by atoms with Crippen LogP contribution >= 0.6 is 0 Å². The second kappa shape index (κ2) is 13.4. The fraction of sp³-hybridized carbons (Fsp3) is 1.00. The van der Waals surface area contributed by atoms with Gasteiger partial charge in [-0.25, -0.2) is 0 Å². The molecule has 0 aromatic rings. The van der Waals surface area contributed by atoms with Gasteiger partial charge in [0.25, 0.3) is 0 Å². The van der Waals surface area contributed by atoms with Crippen molar-refractivity contribution in [3.63, 3.8) is 0 Å². The molecule has 0 saturated heterocycles. The molecule has 0 amide bonds. The van der Waals surface area contributed by atoms with Gasteiger partial charge in [0.05, 0.1) is 0 Å². The Balaban J connectivity index is 1.24. The molecule has 170 valence electrons. The summed E-state index contributed by atoms with van der Waals surface area (Å²) in [6.07, 6.45) is 32.3. The summed E-state index contributed by atoms with van der Waals surface area (Å²) in [5.41, 5.74) is 0. The van der Waals surface area contributed by atoms with Crippen LogP contribution < -0.4 is 0 Å². The van der Waals surface area contributed by atoms with Crippen molar-refractivity contribution < 1.29 is 0 Å². The summed E-state index contributed by atoms with van der Waals surface area (Å²) in [5, 5.41) is 0. The van der Waals surface area contributed by atoms with E-state index in [0.717, 1.165) is 35.5 Å². The molecule has 3 saturated carbocycles. The van der Waals surface area contributed by atoms with Crippen molar-refractivity contribution in [2.24, 2.45) is 35.5 Å². The maximum Gasteiger partial charge on any atom is -0.0411 e. The predicted molar refractivity (Wildman–Crippen MR) is 129 cm³/mol. The Labute approximate surface area is 184 Å². The van der Waals surface area contributed by atoms with Gasteiger partial charge < -0.3 is 0 Å². The average molecular weight is 403 g/mol. The van der Waals surface area contributed by atoms with Crippen LogP contribution in [0, 0.1) is 35.5 Å². The lowest BCUT2D eigenvalue weighted by Crippen LogP contribution is -2.23. The van der Waals surface area contributed by atoms with Gasteiger partial charge in [0.15, 0.2) is 0 Å². The third-order valence-electron chi connectivity index (χ3n) is 9.41. The Kier molecular flexibility index (Phi) is 10.9. The van der Waals surface area contributed by atoms with Crippen LogP contribution in [0.2, 0.25) is 0 Å². The first-order valence-electron chi connectivity index (χ1n) is 14.3. The molecule has 0 aliphatic heterocycles. The summed E-state index contributed by atoms with van der Waals surface area (Å²) in [5.74, 6) is 6.56. The van der Waals surface area contributed by atoms with E-state index in [4.69, 9.17) is 0 Å². The van der Waals surface area contributed by atoms with Gasteiger partial charge in [-0.15, -0.1) is 0 Å². The molecule has 0 aromatic carbocycles. The van der Waals surface area contributed by atoms with Gasteiger partial charge in [-0.05, 0) is 48.3 Å². The second-order valence-corrected chi connectivity index (χ2v) is 11.8. The van der Waals surface area contributed by atoms with E-state index in [-0.39, 0.29) is 0 Å². The molecule has 3 aliphatic rings. The lowest BCUT2D eigenvalue weighted by atomic mass is 9.70. The summed E-state index contributed by atoms with van der Waals surface area (Å²) < 4.78 is 0. The van der Waals surface area contributed by atoms with Crippen LogP contribution in [-0.2, 0) is 0 Å². The zero-order valence-corrected chi connectivity index (χ0v) is 20.3. The van der Waals surface area contributed by atoms with E-state index in [1.165, 1.54) is 44.9 Å². The van der Waals surface area contributed by atoms with Gasteiger partial charge in [-0.3, -0.25) is 0 Å². The molecule has 0 spiro atoms. The van der Waals surface area contributed by atoms with Crippen molar-refractivity contribution in [2.45, 2.75) is 149 Å². The maximum absolute atomic E-state index is 2.35. The van der Waals surface area contributed by atoms with E-state index in [2.05, 4.69) is 13.8 Å². The molecular weight excluding hydrogens is 348 g/mol. The van der Waals surface area contributed by atoms with Crippen molar-refractivity contribution in [1.82, 2.24) is 0 Å². The Hall–Kier alpha value is 0.